The van der Waals surface area contributed by atoms with Gasteiger partial charge in [0, 0.05) is 44.0 Å². The van der Waals surface area contributed by atoms with Crippen LogP contribution in [0, 0.1) is 13.8 Å². The van der Waals surface area contributed by atoms with Crippen molar-refractivity contribution in [3.8, 4) is 0 Å². The highest BCUT2D eigenvalue weighted by Crippen LogP contribution is 2.16. The van der Waals surface area contributed by atoms with Crippen LogP contribution in [0.1, 0.15) is 27.3 Å². The van der Waals surface area contributed by atoms with Crippen molar-refractivity contribution in [1.82, 2.24) is 14.8 Å². The number of morpholine rings is 1. The van der Waals surface area contributed by atoms with E-state index in [-0.39, 0.29) is 5.91 Å². The molecular weight excluding hydrogens is 382 g/mol. The molecule has 2 heterocycles. The lowest BCUT2D eigenvalue weighted by Gasteiger charge is -2.27. The molecule has 1 atom stereocenters. The predicted octanol–water partition coefficient (Wildman–Crippen LogP) is 1.95. The van der Waals surface area contributed by atoms with Crippen molar-refractivity contribution in [3.05, 3.63) is 58.9 Å². The first-order valence-corrected chi connectivity index (χ1v) is 10.4. The Balaban J connectivity index is 1.69. The highest BCUT2D eigenvalue weighted by molar-refractivity contribution is 5.98. The third-order valence-electron chi connectivity index (χ3n) is 5.64. The Morgan fingerprint density at radius 3 is 2.50 bits per heavy atom. The molecule has 1 saturated heterocycles. The van der Waals surface area contributed by atoms with E-state index in [9.17, 15) is 9.59 Å². The van der Waals surface area contributed by atoms with Crippen LogP contribution >= 0.6 is 0 Å². The van der Waals surface area contributed by atoms with E-state index in [1.54, 1.807) is 0 Å². The number of rotatable bonds is 8. The molecule has 0 bridgehead atoms. The summed E-state index contributed by atoms with van der Waals surface area (Å²) in [6.45, 7) is 9.10. The maximum Gasteiger partial charge on any atom is 0.328 e. The topological polar surface area (TPSA) is 72.8 Å². The zero-order valence-electron chi connectivity index (χ0n) is 18.0. The number of amides is 1. The fourth-order valence-electron chi connectivity index (χ4n) is 3.86. The normalized spacial score (nSPS) is 15.6. The molecule has 0 aliphatic carbocycles. The third kappa shape index (κ3) is 5.49. The van der Waals surface area contributed by atoms with Gasteiger partial charge in [0.2, 0.25) is 0 Å². The monoisotopic (exact) mass is 413 g/mol. The molecule has 3 rings (SSSR count). The number of esters is 1. The first kappa shape index (κ1) is 22.1. The van der Waals surface area contributed by atoms with Crippen LogP contribution in [-0.2, 0) is 27.2 Å². The molecule has 0 saturated carbocycles. The molecular formula is C23H31N3O4. The van der Waals surface area contributed by atoms with E-state index < -0.39 is 12.0 Å². The summed E-state index contributed by atoms with van der Waals surface area (Å²) in [4.78, 5) is 27.6. The zero-order chi connectivity index (χ0) is 21.5. The van der Waals surface area contributed by atoms with E-state index in [0.717, 1.165) is 56.3 Å². The van der Waals surface area contributed by atoms with Gasteiger partial charge in [-0.1, -0.05) is 30.3 Å². The smallest absolute Gasteiger partial charge is 0.328 e. The zero-order valence-corrected chi connectivity index (χ0v) is 18.0. The Labute approximate surface area is 178 Å². The average molecular weight is 414 g/mol. The Kier molecular flexibility index (Phi) is 7.65. The average Bonchev–Trinajstić information content (AvgIpc) is 3.06. The maximum absolute atomic E-state index is 13.0. The SMILES string of the molecule is COC(=O)[C@H](Cc1ccccc1)NC(=O)c1cc(C)n(CCN2CCOCC2)c1C. The van der Waals surface area contributed by atoms with Crippen molar-refractivity contribution in [2.75, 3.05) is 40.0 Å². The lowest BCUT2D eigenvalue weighted by atomic mass is 10.1. The number of hydrogen-bond donors (Lipinski definition) is 1. The van der Waals surface area contributed by atoms with Gasteiger partial charge < -0.3 is 19.4 Å². The van der Waals surface area contributed by atoms with Crippen LogP contribution in [0.3, 0.4) is 0 Å². The minimum absolute atomic E-state index is 0.257. The second-order valence-corrected chi connectivity index (χ2v) is 7.63. The van der Waals surface area contributed by atoms with E-state index >= 15 is 0 Å². The third-order valence-corrected chi connectivity index (χ3v) is 5.64. The van der Waals surface area contributed by atoms with Crippen molar-refractivity contribution in [1.29, 1.82) is 0 Å². The van der Waals surface area contributed by atoms with Gasteiger partial charge in [-0.15, -0.1) is 0 Å². The molecule has 1 amide bonds. The number of carbonyl (C=O) groups excluding carboxylic acids is 2. The quantitative estimate of drug-likeness (QED) is 0.670. The number of ether oxygens (including phenoxy) is 2. The number of methoxy groups -OCH3 is 1. The molecule has 0 radical (unpaired) electrons. The molecule has 0 spiro atoms. The van der Waals surface area contributed by atoms with E-state index in [0.29, 0.717) is 12.0 Å². The second-order valence-electron chi connectivity index (χ2n) is 7.63. The Morgan fingerprint density at radius 1 is 1.13 bits per heavy atom. The Bertz CT molecular complexity index is 857. The molecule has 1 aromatic carbocycles. The van der Waals surface area contributed by atoms with Crippen LogP contribution in [0.5, 0.6) is 0 Å². The van der Waals surface area contributed by atoms with Gasteiger partial charge in [-0.25, -0.2) is 4.79 Å². The van der Waals surface area contributed by atoms with Gasteiger partial charge >= 0.3 is 5.97 Å². The van der Waals surface area contributed by atoms with Crippen molar-refractivity contribution >= 4 is 11.9 Å². The van der Waals surface area contributed by atoms with Crippen LogP contribution < -0.4 is 5.32 Å². The predicted molar refractivity (Wildman–Crippen MR) is 115 cm³/mol. The summed E-state index contributed by atoms with van der Waals surface area (Å²) >= 11 is 0. The molecule has 30 heavy (non-hydrogen) atoms. The molecule has 1 fully saturated rings. The molecule has 1 aliphatic rings. The molecule has 0 unspecified atom stereocenters. The number of nitrogens with one attached hydrogen (secondary N) is 1. The number of benzene rings is 1. The van der Waals surface area contributed by atoms with Gasteiger partial charge in [-0.3, -0.25) is 9.69 Å². The summed E-state index contributed by atoms with van der Waals surface area (Å²) in [6, 6.07) is 10.8. The van der Waals surface area contributed by atoms with E-state index in [2.05, 4.69) is 14.8 Å². The number of nitrogens with zero attached hydrogens (tertiary/aromatic N) is 2. The van der Waals surface area contributed by atoms with Crippen LogP contribution in [0.25, 0.3) is 0 Å². The summed E-state index contributed by atoms with van der Waals surface area (Å²) < 4.78 is 12.5. The molecule has 7 nitrogen and oxygen atoms in total. The largest absolute Gasteiger partial charge is 0.467 e. The maximum atomic E-state index is 13.0. The van der Waals surface area contributed by atoms with Crippen LogP contribution in [-0.4, -0.2) is 67.3 Å². The molecule has 7 heteroatoms. The first-order chi connectivity index (χ1) is 14.5. The molecule has 1 aliphatic heterocycles. The van der Waals surface area contributed by atoms with E-state index in [1.165, 1.54) is 7.11 Å². The van der Waals surface area contributed by atoms with E-state index in [4.69, 9.17) is 9.47 Å². The molecule has 1 N–H and O–H groups in total. The summed E-state index contributed by atoms with van der Waals surface area (Å²) in [6.07, 6.45) is 0.384. The lowest BCUT2D eigenvalue weighted by molar-refractivity contribution is -0.142. The summed E-state index contributed by atoms with van der Waals surface area (Å²) in [5.74, 6) is -0.708. The van der Waals surface area contributed by atoms with Crippen LogP contribution in [0.4, 0.5) is 0 Å². The van der Waals surface area contributed by atoms with Crippen molar-refractivity contribution < 1.29 is 19.1 Å². The van der Waals surface area contributed by atoms with Crippen molar-refractivity contribution in [2.24, 2.45) is 0 Å². The highest BCUT2D eigenvalue weighted by Gasteiger charge is 2.25. The first-order valence-electron chi connectivity index (χ1n) is 10.4. The van der Waals surface area contributed by atoms with Crippen LogP contribution in [0.15, 0.2) is 36.4 Å². The number of aromatic nitrogens is 1. The molecule has 162 valence electrons. The van der Waals surface area contributed by atoms with Gasteiger partial charge in [-0.2, -0.15) is 0 Å². The van der Waals surface area contributed by atoms with Gasteiger partial charge in [0.25, 0.3) is 5.91 Å². The fourth-order valence-corrected chi connectivity index (χ4v) is 3.86. The summed E-state index contributed by atoms with van der Waals surface area (Å²) in [5, 5.41) is 2.87. The highest BCUT2D eigenvalue weighted by atomic mass is 16.5. The number of carbonyl (C=O) groups is 2. The minimum Gasteiger partial charge on any atom is -0.467 e. The van der Waals surface area contributed by atoms with Gasteiger partial charge in [0.15, 0.2) is 0 Å². The van der Waals surface area contributed by atoms with Gasteiger partial charge in [0.1, 0.15) is 6.04 Å². The standard InChI is InChI=1S/C23H31N3O4/c1-17-15-20(18(2)26(17)10-9-25-11-13-30-14-12-25)22(27)24-21(23(28)29-3)16-19-7-5-4-6-8-19/h4-8,15,21H,9-14,16H2,1-3H3,(H,24,27)/t21-/m0/s1. The summed E-state index contributed by atoms with van der Waals surface area (Å²) in [7, 11) is 1.34. The number of aryl methyl sites for hydroxylation is 1. The van der Waals surface area contributed by atoms with Crippen LogP contribution in [0.2, 0.25) is 0 Å². The van der Waals surface area contributed by atoms with Crippen molar-refractivity contribution in [2.45, 2.75) is 32.9 Å². The lowest BCUT2D eigenvalue weighted by Crippen LogP contribution is -2.43. The molecule has 2 aromatic rings. The summed E-state index contributed by atoms with van der Waals surface area (Å²) in [5.41, 5.74) is 3.49. The van der Waals surface area contributed by atoms with Gasteiger partial charge in [0.05, 0.1) is 25.9 Å². The van der Waals surface area contributed by atoms with Crippen molar-refractivity contribution in [3.63, 3.8) is 0 Å². The fraction of sp³-hybridized carbons (Fsp3) is 0.478. The minimum atomic E-state index is -0.735. The second kappa shape index (κ2) is 10.4. The van der Waals surface area contributed by atoms with E-state index in [1.807, 2.05) is 50.2 Å². The van der Waals surface area contributed by atoms with Gasteiger partial charge in [-0.05, 0) is 25.5 Å². The Morgan fingerprint density at radius 2 is 1.83 bits per heavy atom. The molecule has 1 aromatic heterocycles. The number of hydrogen-bond acceptors (Lipinski definition) is 5. The Hall–Kier alpha value is -2.64.